The monoisotopic (exact) mass is 1630 g/mol. The van der Waals surface area contributed by atoms with Crippen molar-refractivity contribution in [2.45, 2.75) is 254 Å². The molecular formula is C72H112N8O20Si8. The molecule has 8 amide bonds. The van der Waals surface area contributed by atoms with Crippen LogP contribution in [0.2, 0.25) is 48.4 Å². The number of nitrogens with one attached hydrogen (secondary N) is 8. The standard InChI is InChI=1S/C72H112N8O20Si8/c1-9-17-25-41-65(81)73-49-33-57-101-89-102(58-34-50-74-66(82)42-26-18-10-2)92-105(61-37-53-77-69(85)45-29-21-13-5)94-103(90-101,59-35-51-75-67(83)43-27-19-11-3)96-107(63-39-55-79-71(87)47-31-23-15-7)97-104(91-101,60-36-52-76-68(84)44-28-20-12-4)95-106(93-102,62-38-54-78-70(86)46-30-22-14-6)99-108(98-105,100-107)64-40-56-80-72(88)48-32-24-16-8/h1-8H,17-64H2,(H,73,81)(H,74,82)(H,75,83)(H,76,84)(H,77,85)(H,78,86)(H,79,87)(H,80,88). The molecule has 0 aromatic heterocycles. The van der Waals surface area contributed by atoms with E-state index in [0.29, 0.717) is 103 Å². The summed E-state index contributed by atoms with van der Waals surface area (Å²) in [4.78, 5) is 108. The number of rotatable bonds is 56. The molecule has 36 heteroatoms. The molecule has 0 aromatic carbocycles. The highest BCUT2D eigenvalue weighted by molar-refractivity contribution is 7.03. The van der Waals surface area contributed by atoms with Crippen molar-refractivity contribution in [1.82, 2.24) is 42.5 Å². The van der Waals surface area contributed by atoms with Gasteiger partial charge in [-0.3, -0.25) is 38.4 Å². The summed E-state index contributed by atoms with van der Waals surface area (Å²) in [6.45, 7) is 0.507. The quantitative estimate of drug-likeness (QED) is 0.0190. The summed E-state index contributed by atoms with van der Waals surface area (Å²) in [5.41, 5.74) is 0. The molecule has 6 aliphatic rings. The van der Waals surface area contributed by atoms with Crippen molar-refractivity contribution in [3.8, 4) is 98.8 Å². The summed E-state index contributed by atoms with van der Waals surface area (Å²) < 4.78 is 96.0. The molecular weight excluding hydrogens is 1520 g/mol. The summed E-state index contributed by atoms with van der Waals surface area (Å²) in [6.07, 6.45) is 53.2. The lowest BCUT2D eigenvalue weighted by Gasteiger charge is -2.63. The van der Waals surface area contributed by atoms with Crippen molar-refractivity contribution in [3.63, 3.8) is 0 Å². The molecule has 0 spiro atoms. The van der Waals surface area contributed by atoms with E-state index in [-0.39, 0.29) is 251 Å². The van der Waals surface area contributed by atoms with Crippen LogP contribution in [-0.4, -0.2) is 170 Å². The van der Waals surface area contributed by atoms with Crippen LogP contribution in [0, 0.1) is 98.8 Å². The average Bonchev–Trinajstić information content (AvgIpc) is 0.687. The molecule has 6 aliphatic heterocycles. The van der Waals surface area contributed by atoms with Gasteiger partial charge in [0.25, 0.3) is 0 Å². The molecule has 6 saturated heterocycles. The minimum absolute atomic E-state index is 0.0634. The third-order valence-corrected chi connectivity index (χ3v) is 55.0. The molecule has 8 N–H and O–H groups in total. The van der Waals surface area contributed by atoms with Gasteiger partial charge in [-0.05, 0) is 103 Å². The van der Waals surface area contributed by atoms with Crippen LogP contribution in [0.4, 0.5) is 0 Å². The van der Waals surface area contributed by atoms with Crippen molar-refractivity contribution < 1.29 is 87.7 Å². The van der Waals surface area contributed by atoms with Gasteiger partial charge < -0.3 is 91.9 Å². The van der Waals surface area contributed by atoms with Gasteiger partial charge >= 0.3 is 70.4 Å². The fourth-order valence-electron chi connectivity index (χ4n) is 12.3. The summed E-state index contributed by atoms with van der Waals surface area (Å²) in [6, 6.07) is -0.871. The zero-order valence-corrected chi connectivity index (χ0v) is 70.7. The van der Waals surface area contributed by atoms with Gasteiger partial charge in [0.05, 0.1) is 0 Å². The summed E-state index contributed by atoms with van der Waals surface area (Å²) in [7, 11) is -39.0. The second-order valence-corrected chi connectivity index (χ2v) is 51.5. The van der Waals surface area contributed by atoms with E-state index in [1.807, 2.05) is 0 Å². The lowest BCUT2D eigenvalue weighted by atomic mass is 10.2. The molecule has 108 heavy (non-hydrogen) atoms. The first-order valence-corrected chi connectivity index (χ1v) is 53.6. The van der Waals surface area contributed by atoms with Crippen molar-refractivity contribution in [2.75, 3.05) is 52.4 Å². The van der Waals surface area contributed by atoms with Gasteiger partial charge in [0.15, 0.2) is 0 Å². The first-order chi connectivity index (χ1) is 52.1. The second-order valence-electron chi connectivity index (χ2n) is 26.8. The first-order valence-electron chi connectivity index (χ1n) is 38.2. The van der Waals surface area contributed by atoms with Crippen molar-refractivity contribution in [2.24, 2.45) is 0 Å². The normalized spacial score (nSPS) is 24.7. The van der Waals surface area contributed by atoms with Crippen LogP contribution >= 0.6 is 0 Å². The van der Waals surface area contributed by atoms with Crippen LogP contribution in [0.15, 0.2) is 0 Å². The van der Waals surface area contributed by atoms with E-state index < -0.39 is 70.4 Å². The Kier molecular flexibility index (Phi) is 42.4. The molecule has 6 fully saturated rings. The van der Waals surface area contributed by atoms with Gasteiger partial charge in [0, 0.05) is 203 Å². The Morgan fingerprint density at radius 2 is 0.287 bits per heavy atom. The Hall–Kier alpha value is -6.50. The number of carbonyl (C=O) groups excluding carboxylic acids is 8. The molecule has 0 aromatic rings. The highest BCUT2D eigenvalue weighted by Crippen LogP contribution is 2.55. The molecule has 592 valence electrons. The third-order valence-electron chi connectivity index (χ3n) is 17.4. The summed E-state index contributed by atoms with van der Waals surface area (Å²) >= 11 is 0. The Morgan fingerprint density at radius 1 is 0.185 bits per heavy atom. The maximum atomic E-state index is 13.5. The highest BCUT2D eigenvalue weighted by atomic mass is 28.6. The predicted octanol–water partition coefficient (Wildman–Crippen LogP) is 6.24. The maximum absolute atomic E-state index is 13.5. The van der Waals surface area contributed by atoms with E-state index in [4.69, 9.17) is 101 Å². The lowest BCUT2D eigenvalue weighted by molar-refractivity contribution is -0.122. The molecule has 6 rings (SSSR count). The minimum Gasteiger partial charge on any atom is -0.373 e. The van der Waals surface area contributed by atoms with E-state index in [2.05, 4.69) is 89.9 Å². The van der Waals surface area contributed by atoms with E-state index in [1.54, 1.807) is 0 Å². The smallest absolute Gasteiger partial charge is 0.373 e. The van der Waals surface area contributed by atoms with Gasteiger partial charge in [-0.25, -0.2) is 0 Å². The average molecular weight is 1630 g/mol. The number of unbranched alkanes of at least 4 members (excludes halogenated alkanes) is 8. The topological polar surface area (TPSA) is 344 Å². The van der Waals surface area contributed by atoms with E-state index in [1.165, 1.54) is 0 Å². The second kappa shape index (κ2) is 49.7. The van der Waals surface area contributed by atoms with E-state index in [0.717, 1.165) is 0 Å². The summed E-state index contributed by atoms with van der Waals surface area (Å²) in [5.74, 6) is 18.5. The van der Waals surface area contributed by atoms with Gasteiger partial charge in [0.2, 0.25) is 47.3 Å². The Balaban J connectivity index is 1.92. The Labute approximate surface area is 649 Å². The van der Waals surface area contributed by atoms with E-state index in [9.17, 15) is 38.4 Å². The Bertz CT molecular complexity index is 2600. The highest BCUT2D eigenvalue weighted by Gasteiger charge is 2.83. The molecule has 0 saturated carbocycles. The van der Waals surface area contributed by atoms with Gasteiger partial charge in [-0.2, -0.15) is 0 Å². The molecule has 8 bridgehead atoms. The zero-order valence-electron chi connectivity index (χ0n) is 62.7. The molecule has 0 unspecified atom stereocenters. The van der Waals surface area contributed by atoms with Gasteiger partial charge in [0.1, 0.15) is 0 Å². The fraction of sp³-hybridized carbons (Fsp3) is 0.667. The van der Waals surface area contributed by atoms with Gasteiger partial charge in [-0.1, -0.05) is 0 Å². The number of amides is 8. The van der Waals surface area contributed by atoms with Crippen LogP contribution in [0.3, 0.4) is 0 Å². The fourth-order valence-corrected chi connectivity index (χ4v) is 62.8. The van der Waals surface area contributed by atoms with Crippen molar-refractivity contribution >= 4 is 118 Å². The minimum atomic E-state index is -4.87. The number of carbonyl (C=O) groups is 8. The number of terminal acetylenes is 8. The largest absolute Gasteiger partial charge is 0.478 e. The third kappa shape index (κ3) is 33.6. The van der Waals surface area contributed by atoms with Crippen molar-refractivity contribution in [1.29, 1.82) is 0 Å². The van der Waals surface area contributed by atoms with Crippen LogP contribution in [0.1, 0.15) is 205 Å². The number of hydrogen-bond acceptors (Lipinski definition) is 20. The Morgan fingerprint density at radius 3 is 0.380 bits per heavy atom. The van der Waals surface area contributed by atoms with Crippen LogP contribution < -0.4 is 42.5 Å². The first kappa shape index (κ1) is 92.1. The molecule has 0 radical (unpaired) electrons. The van der Waals surface area contributed by atoms with Crippen LogP contribution in [0.25, 0.3) is 0 Å². The lowest BCUT2D eigenvalue weighted by Crippen LogP contribution is -2.88. The molecule has 28 nitrogen and oxygen atoms in total. The zero-order chi connectivity index (χ0) is 78.4. The van der Waals surface area contributed by atoms with Crippen LogP contribution in [0.5, 0.6) is 0 Å². The van der Waals surface area contributed by atoms with Crippen LogP contribution in [-0.2, 0) is 87.7 Å². The number of hydrogen-bond donors (Lipinski definition) is 8. The SMILES string of the molecule is C#CCCCC(=O)NCCC[Si]12O[Si]3(CCCNC(=O)CCCC#C)O[Si]4(CCCNC(=O)CCCC#C)O[Si](CCCNC(=O)CCCC#C)(O1)O[Si]1(CCCNC(=O)CCCC#C)O[Si](CCCNC(=O)CCCC#C)(O2)O[Si](CCCNC(=O)CCCC#C)(O3)O[Si](CCCNC(=O)CCCC#C)(O4)O1. The molecule has 0 atom stereocenters. The van der Waals surface area contributed by atoms with Gasteiger partial charge in [-0.15, -0.1) is 98.8 Å². The maximum Gasteiger partial charge on any atom is 0.478 e. The van der Waals surface area contributed by atoms with Crippen molar-refractivity contribution in [3.05, 3.63) is 0 Å². The molecule has 6 heterocycles. The predicted molar refractivity (Wildman–Crippen MR) is 420 cm³/mol. The molecule has 0 aliphatic carbocycles. The summed E-state index contributed by atoms with van der Waals surface area (Å²) in [5, 5.41) is 24.1. The van der Waals surface area contributed by atoms with E-state index >= 15 is 0 Å².